The van der Waals surface area contributed by atoms with Crippen molar-refractivity contribution in [2.24, 2.45) is 4.99 Å². The minimum absolute atomic E-state index is 0.300. The van der Waals surface area contributed by atoms with Gasteiger partial charge in [0, 0.05) is 38.6 Å². The SMILES string of the molecule is CCNC(=NCCCN1CCCC1=O)NC(C)CC. The fourth-order valence-electron chi connectivity index (χ4n) is 2.05. The Hall–Kier alpha value is -1.26. The van der Waals surface area contributed by atoms with Crippen LogP contribution in [-0.2, 0) is 4.79 Å². The van der Waals surface area contributed by atoms with Crippen LogP contribution >= 0.6 is 0 Å². The van der Waals surface area contributed by atoms with Crippen LogP contribution in [0.2, 0.25) is 0 Å². The Kier molecular flexibility index (Phi) is 7.30. The zero-order valence-corrected chi connectivity index (χ0v) is 12.5. The molecule has 1 atom stereocenters. The highest BCUT2D eigenvalue weighted by Gasteiger charge is 2.18. The summed E-state index contributed by atoms with van der Waals surface area (Å²) in [6.45, 7) is 9.76. The summed E-state index contributed by atoms with van der Waals surface area (Å²) in [6.07, 6.45) is 3.75. The molecule has 0 aromatic heterocycles. The van der Waals surface area contributed by atoms with Gasteiger partial charge in [-0.25, -0.2) is 0 Å². The number of aliphatic imine (C=N–C) groups is 1. The molecule has 0 aromatic carbocycles. The normalized spacial score (nSPS) is 17.7. The summed E-state index contributed by atoms with van der Waals surface area (Å²) in [5.74, 6) is 1.18. The smallest absolute Gasteiger partial charge is 0.222 e. The monoisotopic (exact) mass is 268 g/mol. The highest BCUT2D eigenvalue weighted by molar-refractivity contribution is 5.80. The summed E-state index contributed by atoms with van der Waals surface area (Å²) >= 11 is 0. The average Bonchev–Trinajstić information content (AvgIpc) is 2.80. The summed E-state index contributed by atoms with van der Waals surface area (Å²) < 4.78 is 0. The first-order chi connectivity index (χ1) is 9.17. The van der Waals surface area contributed by atoms with Crippen LogP contribution in [0.1, 0.15) is 46.5 Å². The lowest BCUT2D eigenvalue weighted by Gasteiger charge is -2.17. The first-order valence-corrected chi connectivity index (χ1v) is 7.50. The number of hydrogen-bond donors (Lipinski definition) is 2. The molecule has 1 heterocycles. The Morgan fingerprint density at radius 1 is 1.47 bits per heavy atom. The van der Waals surface area contributed by atoms with Crippen molar-refractivity contribution in [3.8, 4) is 0 Å². The Bertz CT molecular complexity index is 304. The van der Waals surface area contributed by atoms with E-state index in [4.69, 9.17) is 0 Å². The maximum Gasteiger partial charge on any atom is 0.222 e. The zero-order valence-electron chi connectivity index (χ0n) is 12.5. The topological polar surface area (TPSA) is 56.7 Å². The van der Waals surface area contributed by atoms with Crippen molar-refractivity contribution >= 4 is 11.9 Å². The average molecular weight is 268 g/mol. The number of carbonyl (C=O) groups excluding carboxylic acids is 1. The molecule has 19 heavy (non-hydrogen) atoms. The molecule has 110 valence electrons. The zero-order chi connectivity index (χ0) is 14.1. The van der Waals surface area contributed by atoms with Gasteiger partial charge in [0.25, 0.3) is 0 Å². The molecule has 1 unspecified atom stereocenters. The van der Waals surface area contributed by atoms with Crippen molar-refractivity contribution in [1.82, 2.24) is 15.5 Å². The van der Waals surface area contributed by atoms with E-state index in [1.165, 1.54) is 0 Å². The van der Waals surface area contributed by atoms with Gasteiger partial charge in [-0.1, -0.05) is 6.92 Å². The minimum atomic E-state index is 0.300. The fraction of sp³-hybridized carbons (Fsp3) is 0.857. The van der Waals surface area contributed by atoms with Crippen molar-refractivity contribution in [1.29, 1.82) is 0 Å². The number of nitrogens with one attached hydrogen (secondary N) is 2. The highest BCUT2D eigenvalue weighted by atomic mass is 16.2. The van der Waals surface area contributed by atoms with Gasteiger partial charge in [0.1, 0.15) is 0 Å². The number of likely N-dealkylation sites (tertiary alicyclic amines) is 1. The van der Waals surface area contributed by atoms with Gasteiger partial charge in [0.15, 0.2) is 5.96 Å². The molecule has 1 rings (SSSR count). The summed E-state index contributed by atoms with van der Waals surface area (Å²) in [7, 11) is 0. The van der Waals surface area contributed by atoms with Gasteiger partial charge < -0.3 is 15.5 Å². The number of rotatable bonds is 7. The molecule has 0 aliphatic carbocycles. The van der Waals surface area contributed by atoms with Gasteiger partial charge in [0.05, 0.1) is 0 Å². The second-order valence-corrected chi connectivity index (χ2v) is 5.05. The van der Waals surface area contributed by atoms with Gasteiger partial charge in [-0.2, -0.15) is 0 Å². The molecule has 1 fully saturated rings. The molecule has 0 aromatic rings. The molecule has 1 saturated heterocycles. The Balaban J connectivity index is 2.28. The van der Waals surface area contributed by atoms with Crippen LogP contribution in [0.4, 0.5) is 0 Å². The Labute approximate surface area is 116 Å². The van der Waals surface area contributed by atoms with Crippen molar-refractivity contribution in [2.75, 3.05) is 26.2 Å². The van der Waals surface area contributed by atoms with E-state index in [0.29, 0.717) is 11.9 Å². The lowest BCUT2D eigenvalue weighted by molar-refractivity contribution is -0.127. The summed E-state index contributed by atoms with van der Waals surface area (Å²) in [5, 5.41) is 6.61. The van der Waals surface area contributed by atoms with E-state index < -0.39 is 0 Å². The lowest BCUT2D eigenvalue weighted by atomic mass is 10.3. The standard InChI is InChI=1S/C14H28N4O/c1-4-12(3)17-14(15-5-2)16-9-7-11-18-10-6-8-13(18)19/h12H,4-11H2,1-3H3,(H2,15,16,17). The second-order valence-electron chi connectivity index (χ2n) is 5.05. The highest BCUT2D eigenvalue weighted by Crippen LogP contribution is 2.09. The molecule has 5 nitrogen and oxygen atoms in total. The van der Waals surface area contributed by atoms with E-state index in [-0.39, 0.29) is 0 Å². The third kappa shape index (κ3) is 5.94. The maximum atomic E-state index is 11.5. The first-order valence-electron chi connectivity index (χ1n) is 7.50. The van der Waals surface area contributed by atoms with E-state index >= 15 is 0 Å². The lowest BCUT2D eigenvalue weighted by Crippen LogP contribution is -2.42. The molecule has 5 heteroatoms. The quantitative estimate of drug-likeness (QED) is 0.416. The van der Waals surface area contributed by atoms with E-state index in [0.717, 1.165) is 57.8 Å². The maximum absolute atomic E-state index is 11.5. The molecule has 1 amide bonds. The van der Waals surface area contributed by atoms with Crippen LogP contribution in [-0.4, -0.2) is 49.0 Å². The first kappa shape index (κ1) is 15.8. The van der Waals surface area contributed by atoms with Crippen LogP contribution in [0.5, 0.6) is 0 Å². The molecular weight excluding hydrogens is 240 g/mol. The van der Waals surface area contributed by atoms with Gasteiger partial charge in [0.2, 0.25) is 5.91 Å². The molecule has 0 saturated carbocycles. The molecule has 0 spiro atoms. The molecule has 0 radical (unpaired) electrons. The molecule has 0 bridgehead atoms. The van der Waals surface area contributed by atoms with Crippen LogP contribution in [0, 0.1) is 0 Å². The van der Waals surface area contributed by atoms with Crippen LogP contribution < -0.4 is 10.6 Å². The van der Waals surface area contributed by atoms with Crippen molar-refractivity contribution in [3.05, 3.63) is 0 Å². The van der Waals surface area contributed by atoms with E-state index in [1.807, 2.05) is 4.90 Å². The second kappa shape index (κ2) is 8.77. The Morgan fingerprint density at radius 2 is 2.26 bits per heavy atom. The van der Waals surface area contributed by atoms with Crippen LogP contribution in [0.15, 0.2) is 4.99 Å². The van der Waals surface area contributed by atoms with E-state index in [2.05, 4.69) is 36.4 Å². The third-order valence-corrected chi connectivity index (χ3v) is 3.37. The predicted octanol–water partition coefficient (Wildman–Crippen LogP) is 1.35. The van der Waals surface area contributed by atoms with Gasteiger partial charge in [-0.3, -0.25) is 9.79 Å². The molecule has 1 aliphatic heterocycles. The van der Waals surface area contributed by atoms with Gasteiger partial charge in [-0.15, -0.1) is 0 Å². The van der Waals surface area contributed by atoms with Crippen LogP contribution in [0.25, 0.3) is 0 Å². The minimum Gasteiger partial charge on any atom is -0.357 e. The van der Waals surface area contributed by atoms with Crippen molar-refractivity contribution < 1.29 is 4.79 Å². The Morgan fingerprint density at radius 3 is 2.84 bits per heavy atom. The third-order valence-electron chi connectivity index (χ3n) is 3.37. The van der Waals surface area contributed by atoms with Crippen LogP contribution in [0.3, 0.4) is 0 Å². The summed E-state index contributed by atoms with van der Waals surface area (Å²) in [4.78, 5) is 17.9. The van der Waals surface area contributed by atoms with E-state index in [9.17, 15) is 4.79 Å². The number of guanidine groups is 1. The van der Waals surface area contributed by atoms with Crippen molar-refractivity contribution in [3.63, 3.8) is 0 Å². The largest absolute Gasteiger partial charge is 0.357 e. The summed E-state index contributed by atoms with van der Waals surface area (Å²) in [6, 6.07) is 0.429. The number of hydrogen-bond acceptors (Lipinski definition) is 2. The number of amides is 1. The molecule has 1 aliphatic rings. The van der Waals surface area contributed by atoms with Crippen molar-refractivity contribution in [2.45, 2.75) is 52.5 Å². The number of carbonyl (C=O) groups is 1. The predicted molar refractivity (Wildman–Crippen MR) is 79.3 cm³/mol. The van der Waals surface area contributed by atoms with E-state index in [1.54, 1.807) is 0 Å². The summed E-state index contributed by atoms with van der Waals surface area (Å²) in [5.41, 5.74) is 0. The van der Waals surface area contributed by atoms with Gasteiger partial charge in [-0.05, 0) is 33.1 Å². The fourth-order valence-corrected chi connectivity index (χ4v) is 2.05. The number of nitrogens with zero attached hydrogens (tertiary/aromatic N) is 2. The molecule has 2 N–H and O–H groups in total. The van der Waals surface area contributed by atoms with Gasteiger partial charge >= 0.3 is 0 Å². The molecular formula is C14H28N4O.